The molecule has 0 N–H and O–H groups in total. The highest BCUT2D eigenvalue weighted by Gasteiger charge is 2.64. The monoisotopic (exact) mass is 210 g/mol. The molecule has 0 amide bonds. The molecule has 54 valence electrons. The molecule has 0 aromatic rings. The van der Waals surface area contributed by atoms with Crippen molar-refractivity contribution >= 4 is 25.8 Å². The van der Waals surface area contributed by atoms with Crippen molar-refractivity contribution in [3.05, 3.63) is 0 Å². The molecule has 0 saturated carbocycles. The normalized spacial score (nSPS) is 52.0. The summed E-state index contributed by atoms with van der Waals surface area (Å²) in [7, 11) is 1.55. The van der Waals surface area contributed by atoms with Crippen molar-refractivity contribution in [1.29, 1.82) is 0 Å². The molecule has 0 aromatic carbocycles. The van der Waals surface area contributed by atoms with Crippen molar-refractivity contribution in [3.8, 4) is 0 Å². The Hall–Kier alpha value is 0.617. The van der Waals surface area contributed by atoms with Crippen molar-refractivity contribution in [1.82, 2.24) is 0 Å². The summed E-state index contributed by atoms with van der Waals surface area (Å²) in [5.74, 6) is 0. The quantitative estimate of drug-likeness (QED) is 0.622. The van der Waals surface area contributed by atoms with E-state index >= 15 is 0 Å². The zero-order valence-electron chi connectivity index (χ0n) is 5.90. The zero-order chi connectivity index (χ0) is 7.12. The first-order valence-corrected chi connectivity index (χ1v) is 4.99. The van der Waals surface area contributed by atoms with Crippen LogP contribution in [0.25, 0.3) is 0 Å². The van der Waals surface area contributed by atoms with E-state index in [2.05, 4.69) is 30.1 Å². The first kappa shape index (κ1) is 7.72. The van der Waals surface area contributed by atoms with Gasteiger partial charge in [-0.15, -0.1) is 0 Å². The number of hydrogen-bond acceptors (Lipinski definition) is 2. The summed E-state index contributed by atoms with van der Waals surface area (Å²) < 4.78 is 10.4. The maximum Gasteiger partial charge on any atom is 0.105 e. The average molecular weight is 211 g/mol. The van der Waals surface area contributed by atoms with Crippen molar-refractivity contribution in [2.45, 2.75) is 24.3 Å². The topological polar surface area (TPSA) is 18.5 Å². The molecular formula is C5H11BrO2Si. The lowest BCUT2D eigenvalue weighted by molar-refractivity contribution is 0.0360. The van der Waals surface area contributed by atoms with E-state index in [4.69, 9.17) is 8.57 Å². The van der Waals surface area contributed by atoms with Gasteiger partial charge in [-0.1, -0.05) is 0 Å². The summed E-state index contributed by atoms with van der Waals surface area (Å²) in [6.45, 7) is 4.18. The van der Waals surface area contributed by atoms with E-state index < -0.39 is 0 Å². The van der Waals surface area contributed by atoms with Gasteiger partial charge in [0, 0.05) is 7.11 Å². The highest BCUT2D eigenvalue weighted by Crippen LogP contribution is 2.44. The fourth-order valence-corrected chi connectivity index (χ4v) is 3.51. The third-order valence-electron chi connectivity index (χ3n) is 2.29. The molecule has 1 rings (SSSR count). The lowest BCUT2D eigenvalue weighted by Gasteiger charge is -2.14. The van der Waals surface area contributed by atoms with Gasteiger partial charge in [-0.25, -0.2) is 0 Å². The van der Waals surface area contributed by atoms with Crippen molar-refractivity contribution < 1.29 is 8.57 Å². The molecule has 0 bridgehead atoms. The van der Waals surface area contributed by atoms with Gasteiger partial charge in [0.25, 0.3) is 0 Å². The summed E-state index contributed by atoms with van der Waals surface area (Å²) in [5, 5.41) is 0.0955. The van der Waals surface area contributed by atoms with Crippen LogP contribution in [0.1, 0.15) is 13.8 Å². The fourth-order valence-electron chi connectivity index (χ4n) is 0.996. The predicted molar refractivity (Wildman–Crippen MR) is 42.4 cm³/mol. The highest BCUT2D eigenvalue weighted by atomic mass is 79.9. The van der Waals surface area contributed by atoms with Gasteiger partial charge in [0.05, 0.1) is 26.7 Å². The van der Waals surface area contributed by atoms with Crippen LogP contribution >= 0.6 is 16.3 Å². The van der Waals surface area contributed by atoms with Crippen LogP contribution in [0.15, 0.2) is 0 Å². The third kappa shape index (κ3) is 0.980. The number of methoxy groups -OCH3 is 1. The van der Waals surface area contributed by atoms with Crippen LogP contribution in [0, 0.1) is 0 Å². The largest absolute Gasteiger partial charge is 0.380 e. The Bertz CT molecular complexity index is 118. The number of ether oxygens (including phenoxy) is 1. The smallest absolute Gasteiger partial charge is 0.105 e. The maximum atomic E-state index is 5.26. The molecule has 0 spiro atoms. The van der Waals surface area contributed by atoms with Gasteiger partial charge in [0.2, 0.25) is 0 Å². The minimum Gasteiger partial charge on any atom is -0.380 e. The Labute approximate surface area is 66.2 Å². The van der Waals surface area contributed by atoms with Crippen LogP contribution in [0.3, 0.4) is 0 Å². The molecule has 4 heteroatoms. The predicted octanol–water partition coefficient (Wildman–Crippen LogP) is 0.574. The van der Waals surface area contributed by atoms with Crippen LogP contribution in [-0.4, -0.2) is 27.1 Å². The molecule has 2 atom stereocenters. The molecule has 1 saturated heterocycles. The summed E-state index contributed by atoms with van der Waals surface area (Å²) in [6, 6.07) is 0. The van der Waals surface area contributed by atoms with E-state index in [-0.39, 0.29) is 20.0 Å². The van der Waals surface area contributed by atoms with Gasteiger partial charge < -0.3 is 8.57 Å². The Kier molecular flexibility index (Phi) is 1.76. The zero-order valence-corrected chi connectivity index (χ0v) is 8.90. The Morgan fingerprint density at radius 3 is 2.00 bits per heavy atom. The molecule has 1 aliphatic rings. The molecule has 2 nitrogen and oxygen atoms in total. The first-order chi connectivity index (χ1) is 4.08. The van der Waals surface area contributed by atoms with E-state index in [0.29, 0.717) is 0 Å². The van der Waals surface area contributed by atoms with E-state index in [1.165, 1.54) is 0 Å². The summed E-state index contributed by atoms with van der Waals surface area (Å²) in [4.78, 5) is 0. The van der Waals surface area contributed by atoms with E-state index in [0.717, 1.165) is 0 Å². The number of halogens is 1. The third-order valence-corrected chi connectivity index (χ3v) is 6.20. The Morgan fingerprint density at radius 2 is 1.89 bits per heavy atom. The molecular weight excluding hydrogens is 200 g/mol. The Balaban J connectivity index is 2.54. The van der Waals surface area contributed by atoms with Gasteiger partial charge in [-0.2, -0.15) is 0 Å². The summed E-state index contributed by atoms with van der Waals surface area (Å²) in [6.07, 6.45) is 0. The Morgan fingerprint density at radius 1 is 1.33 bits per heavy atom. The second-order valence-corrected chi connectivity index (χ2v) is 6.30. The van der Waals surface area contributed by atoms with E-state index in [1.807, 2.05) is 0 Å². The molecule has 1 aliphatic heterocycles. The minimum atomic E-state index is -0.190. The van der Waals surface area contributed by atoms with Crippen molar-refractivity contribution in [2.75, 3.05) is 7.11 Å². The minimum absolute atomic E-state index is 0.0295. The first-order valence-electron chi connectivity index (χ1n) is 2.93. The van der Waals surface area contributed by atoms with Crippen molar-refractivity contribution in [2.24, 2.45) is 0 Å². The van der Waals surface area contributed by atoms with Gasteiger partial charge >= 0.3 is 0 Å². The molecule has 9 heavy (non-hydrogen) atoms. The number of rotatable bonds is 2. The molecule has 1 heterocycles. The lowest BCUT2D eigenvalue weighted by atomic mass is 10.3. The SMILES string of the molecule is CO[C@@]1(C)[SiH2]C1(C)OBr. The maximum absolute atomic E-state index is 5.26. The van der Waals surface area contributed by atoms with Crippen LogP contribution in [0.2, 0.25) is 0 Å². The van der Waals surface area contributed by atoms with Crippen LogP contribution < -0.4 is 0 Å². The van der Waals surface area contributed by atoms with Gasteiger partial charge in [0.15, 0.2) is 0 Å². The second kappa shape index (κ2) is 2.05. The second-order valence-electron chi connectivity index (χ2n) is 2.92. The summed E-state index contributed by atoms with van der Waals surface area (Å²) in [5.41, 5.74) is 0. The van der Waals surface area contributed by atoms with Crippen LogP contribution in [0.5, 0.6) is 0 Å². The highest BCUT2D eigenvalue weighted by molar-refractivity contribution is 9.06. The van der Waals surface area contributed by atoms with Gasteiger partial charge in [-0.3, -0.25) is 0 Å². The molecule has 0 radical (unpaired) electrons. The molecule has 1 unspecified atom stereocenters. The van der Waals surface area contributed by atoms with E-state index in [9.17, 15) is 0 Å². The fraction of sp³-hybridized carbons (Fsp3) is 1.00. The average Bonchev–Trinajstić information content (AvgIpc) is 2.39. The summed E-state index contributed by atoms with van der Waals surface area (Å²) >= 11 is 3.00. The van der Waals surface area contributed by atoms with Crippen molar-refractivity contribution in [3.63, 3.8) is 0 Å². The standard InChI is InChI=1S/C5H11BrO2Si/c1-4(7-3)5(2,8-6)9-4/h9H2,1-3H3/t4-,5?/m0/s1. The van der Waals surface area contributed by atoms with Gasteiger partial charge in [0.1, 0.15) is 9.52 Å². The van der Waals surface area contributed by atoms with Gasteiger partial charge in [-0.05, 0) is 13.8 Å². The van der Waals surface area contributed by atoms with Crippen LogP contribution in [-0.2, 0) is 8.57 Å². The lowest BCUT2D eigenvalue weighted by Crippen LogP contribution is -2.21. The molecule has 1 fully saturated rings. The van der Waals surface area contributed by atoms with Crippen LogP contribution in [0.4, 0.5) is 0 Å². The molecule has 0 aliphatic carbocycles. The number of hydrogen-bond donors (Lipinski definition) is 0. The molecule has 0 aromatic heterocycles. The van der Waals surface area contributed by atoms with E-state index in [1.54, 1.807) is 7.11 Å².